The van der Waals surface area contributed by atoms with Crippen LogP contribution >= 0.6 is 0 Å². The molecule has 4 aliphatic rings. The third-order valence-electron chi connectivity index (χ3n) is 11.8. The Morgan fingerprint density at radius 1 is 1.08 bits per heavy atom. The van der Waals surface area contributed by atoms with Crippen molar-refractivity contribution in [1.29, 1.82) is 0 Å². The Balaban J connectivity index is 1.30. The topological polar surface area (TPSA) is 30.2 Å². The lowest BCUT2D eigenvalue weighted by molar-refractivity contribution is -0.0454. The molecule has 1 aromatic rings. The van der Waals surface area contributed by atoms with Gasteiger partial charge in [0.2, 0.25) is 0 Å². The summed E-state index contributed by atoms with van der Waals surface area (Å²) in [5.41, 5.74) is 4.71. The zero-order chi connectivity index (χ0) is 26.5. The molecule has 0 unspecified atom stereocenters. The summed E-state index contributed by atoms with van der Waals surface area (Å²) in [6, 6.07) is 1.97. The number of Topliss-reactive ketones (excluding diaryl/α,β-unsaturated/α-hetero) is 1. The fraction of sp³-hybridized carbons (Fsp3) is 0.743. The Morgan fingerprint density at radius 3 is 2.57 bits per heavy atom. The van der Waals surface area contributed by atoms with Gasteiger partial charge in [-0.25, -0.2) is 0 Å². The van der Waals surface area contributed by atoms with Crippen molar-refractivity contribution in [2.45, 2.75) is 119 Å². The molecule has 1 aromatic heterocycles. The number of hydrogen-bond donors (Lipinski definition) is 0. The molecule has 0 aromatic carbocycles. The summed E-state index contributed by atoms with van der Waals surface area (Å²) in [6.45, 7) is 16.2. The number of rotatable bonds is 8. The molecule has 0 bridgehead atoms. The molecule has 2 nitrogen and oxygen atoms in total. The molecule has 2 heteroatoms. The van der Waals surface area contributed by atoms with Crippen LogP contribution in [0.15, 0.2) is 33.8 Å². The Kier molecular flexibility index (Phi) is 7.44. The molecular formula is C35H52O2. The fourth-order valence-corrected chi connectivity index (χ4v) is 9.75. The van der Waals surface area contributed by atoms with E-state index in [9.17, 15) is 4.79 Å². The molecule has 2 fully saturated rings. The van der Waals surface area contributed by atoms with E-state index < -0.39 is 0 Å². The maximum Gasteiger partial charge on any atom is 0.163 e. The Hall–Kier alpha value is -1.57. The first-order chi connectivity index (χ1) is 17.5. The number of allylic oxidation sites excluding steroid dienone is 4. The lowest BCUT2D eigenvalue weighted by Crippen LogP contribution is -2.49. The third kappa shape index (κ3) is 4.85. The zero-order valence-corrected chi connectivity index (χ0v) is 24.8. The molecule has 5 rings (SSSR count). The van der Waals surface area contributed by atoms with Gasteiger partial charge in [0, 0.05) is 6.42 Å². The SMILES string of the molecule is CC(=O)c1cc(CC2=CC3=CC[C@H]4[C@@H]5CC[C@H]([C@H](C)CCCC(C)C)[C@@]5(C)CC[C@@H]4[C@@]3(C)CC2)oc1C. The first-order valence-electron chi connectivity index (χ1n) is 15.5. The summed E-state index contributed by atoms with van der Waals surface area (Å²) in [5.74, 6) is 7.09. The van der Waals surface area contributed by atoms with E-state index in [1.54, 1.807) is 12.5 Å². The molecule has 204 valence electrons. The van der Waals surface area contributed by atoms with Gasteiger partial charge in [-0.3, -0.25) is 4.79 Å². The van der Waals surface area contributed by atoms with Gasteiger partial charge in [-0.1, -0.05) is 71.6 Å². The average Bonchev–Trinajstić information content (AvgIpc) is 3.38. The van der Waals surface area contributed by atoms with Gasteiger partial charge in [0.1, 0.15) is 11.5 Å². The van der Waals surface area contributed by atoms with Crippen LogP contribution in [0.5, 0.6) is 0 Å². The van der Waals surface area contributed by atoms with Crippen LogP contribution in [-0.4, -0.2) is 5.78 Å². The minimum atomic E-state index is 0.0992. The van der Waals surface area contributed by atoms with E-state index in [1.807, 2.05) is 13.0 Å². The number of ketones is 1. The number of carbonyl (C=O) groups is 1. The van der Waals surface area contributed by atoms with E-state index in [-0.39, 0.29) is 5.78 Å². The van der Waals surface area contributed by atoms with E-state index in [2.05, 4.69) is 46.8 Å². The Labute approximate surface area is 226 Å². The summed E-state index contributed by atoms with van der Waals surface area (Å²) in [6.07, 6.45) is 19.7. The van der Waals surface area contributed by atoms with Crippen LogP contribution in [0.4, 0.5) is 0 Å². The second kappa shape index (κ2) is 10.2. The van der Waals surface area contributed by atoms with Gasteiger partial charge in [0.25, 0.3) is 0 Å². The van der Waals surface area contributed by atoms with Crippen LogP contribution in [0, 0.1) is 53.3 Å². The highest BCUT2D eigenvalue weighted by molar-refractivity contribution is 5.95. The van der Waals surface area contributed by atoms with Crippen molar-refractivity contribution < 1.29 is 9.21 Å². The first kappa shape index (κ1) is 27.0. The lowest BCUT2D eigenvalue weighted by Gasteiger charge is -2.57. The van der Waals surface area contributed by atoms with Crippen LogP contribution in [0.3, 0.4) is 0 Å². The van der Waals surface area contributed by atoms with Crippen molar-refractivity contribution in [3.8, 4) is 0 Å². The van der Waals surface area contributed by atoms with Gasteiger partial charge in [0.15, 0.2) is 5.78 Å². The minimum Gasteiger partial charge on any atom is -0.465 e. The van der Waals surface area contributed by atoms with Gasteiger partial charge in [-0.05, 0) is 117 Å². The number of fused-ring (bicyclic) bond motifs is 5. The molecule has 1 heterocycles. The first-order valence-corrected chi connectivity index (χ1v) is 15.5. The van der Waals surface area contributed by atoms with Crippen molar-refractivity contribution in [3.05, 3.63) is 46.4 Å². The van der Waals surface area contributed by atoms with E-state index >= 15 is 0 Å². The predicted molar refractivity (Wildman–Crippen MR) is 154 cm³/mol. The van der Waals surface area contributed by atoms with E-state index in [0.29, 0.717) is 10.8 Å². The normalized spacial score (nSPS) is 35.9. The summed E-state index contributed by atoms with van der Waals surface area (Å²) in [4.78, 5) is 11.9. The molecule has 0 radical (unpaired) electrons. The lowest BCUT2D eigenvalue weighted by atomic mass is 9.47. The van der Waals surface area contributed by atoms with Gasteiger partial charge >= 0.3 is 0 Å². The highest BCUT2D eigenvalue weighted by atomic mass is 16.3. The third-order valence-corrected chi connectivity index (χ3v) is 11.8. The maximum atomic E-state index is 11.9. The van der Waals surface area contributed by atoms with E-state index in [4.69, 9.17) is 4.42 Å². The molecular weight excluding hydrogens is 452 g/mol. The predicted octanol–water partition coefficient (Wildman–Crippen LogP) is 9.91. The molecule has 0 saturated heterocycles. The molecule has 0 amide bonds. The Bertz CT molecular complexity index is 1070. The molecule has 2 saturated carbocycles. The van der Waals surface area contributed by atoms with Crippen LogP contribution < -0.4 is 0 Å². The maximum absolute atomic E-state index is 11.9. The van der Waals surface area contributed by atoms with Crippen LogP contribution in [0.2, 0.25) is 0 Å². The van der Waals surface area contributed by atoms with Crippen molar-refractivity contribution in [3.63, 3.8) is 0 Å². The summed E-state index contributed by atoms with van der Waals surface area (Å²) >= 11 is 0. The number of hydrogen-bond acceptors (Lipinski definition) is 2. The highest BCUT2D eigenvalue weighted by Crippen LogP contribution is 2.67. The van der Waals surface area contributed by atoms with Gasteiger partial charge in [-0.2, -0.15) is 0 Å². The smallest absolute Gasteiger partial charge is 0.163 e. The zero-order valence-electron chi connectivity index (χ0n) is 24.8. The van der Waals surface area contributed by atoms with Crippen molar-refractivity contribution in [1.82, 2.24) is 0 Å². The fourth-order valence-electron chi connectivity index (χ4n) is 9.75. The van der Waals surface area contributed by atoms with E-state index in [0.717, 1.165) is 65.4 Å². The summed E-state index contributed by atoms with van der Waals surface area (Å²) in [5, 5.41) is 0. The summed E-state index contributed by atoms with van der Waals surface area (Å²) < 4.78 is 5.97. The molecule has 0 spiro atoms. The average molecular weight is 505 g/mol. The second-order valence-electron chi connectivity index (χ2n) is 14.4. The summed E-state index contributed by atoms with van der Waals surface area (Å²) in [7, 11) is 0. The van der Waals surface area contributed by atoms with Gasteiger partial charge in [-0.15, -0.1) is 0 Å². The number of furan rings is 1. The van der Waals surface area contributed by atoms with Crippen LogP contribution in [0.1, 0.15) is 128 Å². The largest absolute Gasteiger partial charge is 0.465 e. The number of carbonyl (C=O) groups excluding carboxylic acids is 1. The minimum absolute atomic E-state index is 0.0992. The molecule has 0 aliphatic heterocycles. The molecule has 0 N–H and O–H groups in total. The molecule has 7 atom stereocenters. The van der Waals surface area contributed by atoms with Crippen LogP contribution in [-0.2, 0) is 6.42 Å². The van der Waals surface area contributed by atoms with Gasteiger partial charge < -0.3 is 4.42 Å². The van der Waals surface area contributed by atoms with E-state index in [1.165, 1.54) is 63.4 Å². The van der Waals surface area contributed by atoms with Crippen molar-refractivity contribution in [2.24, 2.45) is 46.3 Å². The van der Waals surface area contributed by atoms with Crippen LogP contribution in [0.25, 0.3) is 0 Å². The van der Waals surface area contributed by atoms with Crippen molar-refractivity contribution in [2.75, 3.05) is 0 Å². The monoisotopic (exact) mass is 504 g/mol. The van der Waals surface area contributed by atoms with Crippen molar-refractivity contribution >= 4 is 5.78 Å². The standard InChI is InChI=1S/C35H52O2/c1-22(2)9-8-10-23(3)31-13-14-32-29-12-11-27-19-26(20-28-21-30(24(4)36)25(5)37-28)15-17-34(27,6)33(29)16-18-35(31,32)7/h11,19,21-23,29,31-33H,8-10,12-18,20H2,1-7H3/t23-,29+,31-,32+,33+,34+,35-/m1/s1. The second-order valence-corrected chi connectivity index (χ2v) is 14.4. The highest BCUT2D eigenvalue weighted by Gasteiger charge is 2.58. The Morgan fingerprint density at radius 2 is 1.86 bits per heavy atom. The number of aryl methyl sites for hydroxylation is 1. The quantitative estimate of drug-likeness (QED) is 0.330. The molecule has 37 heavy (non-hydrogen) atoms. The van der Waals surface area contributed by atoms with Gasteiger partial charge in [0.05, 0.1) is 5.56 Å². The molecule has 4 aliphatic carbocycles.